The molecule has 3 N–H and O–H groups in total. The van der Waals surface area contributed by atoms with Crippen molar-refractivity contribution in [3.8, 4) is 0 Å². The fourth-order valence-electron chi connectivity index (χ4n) is 1.91. The van der Waals surface area contributed by atoms with Crippen molar-refractivity contribution in [1.82, 2.24) is 10.6 Å². The standard InChI is InChI=1S/C15H23ClN2O2/c1-10(2)18-15(20)9-17-14(11(3)19)8-12-4-6-13(16)7-5-12/h4-7,10,14-15,17-18,20H,8-9H2,1-3H3/t14-,15?/m1/s1. The summed E-state index contributed by atoms with van der Waals surface area (Å²) in [7, 11) is 0. The number of hydrogen-bond donors (Lipinski definition) is 3. The second kappa shape index (κ2) is 8.37. The maximum absolute atomic E-state index is 11.7. The maximum atomic E-state index is 11.7. The van der Waals surface area contributed by atoms with Gasteiger partial charge in [-0.05, 0) is 44.9 Å². The van der Waals surface area contributed by atoms with Gasteiger partial charge in [-0.3, -0.25) is 10.1 Å². The van der Waals surface area contributed by atoms with E-state index in [1.165, 1.54) is 0 Å². The fraction of sp³-hybridized carbons (Fsp3) is 0.533. The Kier molecular flexibility index (Phi) is 7.16. The Bertz CT molecular complexity index is 420. The van der Waals surface area contributed by atoms with Crippen LogP contribution in [0.2, 0.25) is 5.02 Å². The average molecular weight is 299 g/mol. The van der Waals surface area contributed by atoms with Gasteiger partial charge in [0.25, 0.3) is 0 Å². The number of carbonyl (C=O) groups excluding carboxylic acids is 1. The maximum Gasteiger partial charge on any atom is 0.147 e. The number of benzene rings is 1. The molecular formula is C15H23ClN2O2. The van der Waals surface area contributed by atoms with E-state index >= 15 is 0 Å². The van der Waals surface area contributed by atoms with Crippen molar-refractivity contribution in [3.63, 3.8) is 0 Å². The minimum absolute atomic E-state index is 0.0525. The van der Waals surface area contributed by atoms with E-state index in [4.69, 9.17) is 11.6 Å². The smallest absolute Gasteiger partial charge is 0.147 e. The van der Waals surface area contributed by atoms with Crippen molar-refractivity contribution in [2.24, 2.45) is 0 Å². The molecule has 0 saturated carbocycles. The summed E-state index contributed by atoms with van der Waals surface area (Å²) < 4.78 is 0. The van der Waals surface area contributed by atoms with Crippen LogP contribution in [0.1, 0.15) is 26.3 Å². The summed E-state index contributed by atoms with van der Waals surface area (Å²) in [6.45, 7) is 5.80. The molecule has 112 valence electrons. The molecule has 0 fully saturated rings. The predicted octanol–water partition coefficient (Wildman–Crippen LogP) is 1.75. The van der Waals surface area contributed by atoms with Crippen LogP contribution in [-0.4, -0.2) is 35.7 Å². The summed E-state index contributed by atoms with van der Waals surface area (Å²) in [4.78, 5) is 11.7. The summed E-state index contributed by atoms with van der Waals surface area (Å²) >= 11 is 5.84. The Labute approximate surface area is 125 Å². The third-order valence-electron chi connectivity index (χ3n) is 2.93. The molecule has 0 amide bonds. The Morgan fingerprint density at radius 1 is 1.30 bits per heavy atom. The zero-order chi connectivity index (χ0) is 15.1. The number of halogens is 1. The highest BCUT2D eigenvalue weighted by atomic mass is 35.5. The summed E-state index contributed by atoms with van der Waals surface area (Å²) in [5.41, 5.74) is 1.04. The van der Waals surface area contributed by atoms with Crippen LogP contribution in [0, 0.1) is 0 Å². The number of rotatable bonds is 8. The van der Waals surface area contributed by atoms with Crippen LogP contribution in [0.15, 0.2) is 24.3 Å². The minimum atomic E-state index is -0.665. The van der Waals surface area contributed by atoms with Gasteiger partial charge in [0.05, 0.1) is 6.04 Å². The predicted molar refractivity (Wildman–Crippen MR) is 81.9 cm³/mol. The largest absolute Gasteiger partial charge is 0.377 e. The first-order valence-corrected chi connectivity index (χ1v) is 7.18. The van der Waals surface area contributed by atoms with E-state index < -0.39 is 6.23 Å². The van der Waals surface area contributed by atoms with Crippen molar-refractivity contribution >= 4 is 17.4 Å². The van der Waals surface area contributed by atoms with Crippen LogP contribution in [0.3, 0.4) is 0 Å². The van der Waals surface area contributed by atoms with Crippen molar-refractivity contribution in [3.05, 3.63) is 34.9 Å². The lowest BCUT2D eigenvalue weighted by molar-refractivity contribution is -0.119. The first kappa shape index (κ1) is 17.1. The second-order valence-corrected chi connectivity index (χ2v) is 5.68. The summed E-state index contributed by atoms with van der Waals surface area (Å²) in [6.07, 6.45) is -0.0805. The zero-order valence-electron chi connectivity index (χ0n) is 12.2. The molecule has 0 heterocycles. The van der Waals surface area contributed by atoms with E-state index in [-0.39, 0.29) is 17.9 Å². The highest BCUT2D eigenvalue weighted by molar-refractivity contribution is 6.30. The normalized spacial score (nSPS) is 14.3. The Morgan fingerprint density at radius 2 is 1.90 bits per heavy atom. The second-order valence-electron chi connectivity index (χ2n) is 5.24. The van der Waals surface area contributed by atoms with Crippen molar-refractivity contribution in [1.29, 1.82) is 0 Å². The van der Waals surface area contributed by atoms with Crippen LogP contribution < -0.4 is 10.6 Å². The molecule has 0 aliphatic rings. The van der Waals surface area contributed by atoms with Gasteiger partial charge in [-0.2, -0.15) is 0 Å². The Balaban J connectivity index is 2.52. The van der Waals surface area contributed by atoms with Gasteiger partial charge in [0, 0.05) is 17.6 Å². The highest BCUT2D eigenvalue weighted by Gasteiger charge is 2.16. The van der Waals surface area contributed by atoms with E-state index in [0.29, 0.717) is 18.0 Å². The molecule has 0 radical (unpaired) electrons. The first-order valence-electron chi connectivity index (χ1n) is 6.81. The molecule has 1 unspecified atom stereocenters. The van der Waals surface area contributed by atoms with Crippen LogP contribution in [0.4, 0.5) is 0 Å². The molecule has 1 aromatic rings. The molecule has 0 saturated heterocycles. The molecule has 0 bridgehead atoms. The molecule has 1 rings (SSSR count). The third-order valence-corrected chi connectivity index (χ3v) is 3.18. The van der Waals surface area contributed by atoms with Gasteiger partial charge in [-0.1, -0.05) is 23.7 Å². The average Bonchev–Trinajstić information content (AvgIpc) is 2.35. The number of nitrogens with one attached hydrogen (secondary N) is 2. The van der Waals surface area contributed by atoms with Gasteiger partial charge in [0.1, 0.15) is 12.0 Å². The molecule has 2 atom stereocenters. The quantitative estimate of drug-likeness (QED) is 0.640. The molecule has 1 aromatic carbocycles. The molecule has 0 aromatic heterocycles. The van der Waals surface area contributed by atoms with Crippen LogP contribution in [0.25, 0.3) is 0 Å². The number of aliphatic hydroxyl groups excluding tert-OH is 1. The van der Waals surface area contributed by atoms with Crippen LogP contribution >= 0.6 is 11.6 Å². The van der Waals surface area contributed by atoms with E-state index in [1.807, 2.05) is 38.1 Å². The monoisotopic (exact) mass is 298 g/mol. The van der Waals surface area contributed by atoms with Crippen LogP contribution in [-0.2, 0) is 11.2 Å². The Hall–Kier alpha value is -0.940. The number of hydrogen-bond acceptors (Lipinski definition) is 4. The number of aliphatic hydroxyl groups is 1. The van der Waals surface area contributed by atoms with E-state index in [1.54, 1.807) is 6.92 Å². The zero-order valence-corrected chi connectivity index (χ0v) is 12.9. The lowest BCUT2D eigenvalue weighted by Crippen LogP contribution is -2.47. The molecule has 4 nitrogen and oxygen atoms in total. The van der Waals surface area contributed by atoms with Gasteiger partial charge in [-0.25, -0.2) is 0 Å². The number of ketones is 1. The van der Waals surface area contributed by atoms with E-state index in [2.05, 4.69) is 10.6 Å². The summed E-state index contributed by atoms with van der Waals surface area (Å²) in [6, 6.07) is 7.32. The molecule has 0 aliphatic heterocycles. The topological polar surface area (TPSA) is 61.4 Å². The Morgan fingerprint density at radius 3 is 2.40 bits per heavy atom. The third kappa shape index (κ3) is 6.48. The molecule has 0 aliphatic carbocycles. The SMILES string of the molecule is CC(=O)[C@@H](Cc1ccc(Cl)cc1)NCC(O)NC(C)C. The highest BCUT2D eigenvalue weighted by Crippen LogP contribution is 2.11. The molecule has 0 spiro atoms. The lowest BCUT2D eigenvalue weighted by Gasteiger charge is -2.20. The number of carbonyl (C=O) groups is 1. The van der Waals surface area contributed by atoms with E-state index in [9.17, 15) is 9.90 Å². The number of Topliss-reactive ketones (excluding diaryl/α,β-unsaturated/α-hetero) is 1. The molecule has 20 heavy (non-hydrogen) atoms. The van der Waals surface area contributed by atoms with Crippen LogP contribution in [0.5, 0.6) is 0 Å². The molecule has 5 heteroatoms. The summed E-state index contributed by atoms with van der Waals surface area (Å²) in [5, 5.41) is 16.5. The van der Waals surface area contributed by atoms with Crippen molar-refractivity contribution in [2.45, 2.75) is 45.5 Å². The molecular weight excluding hydrogens is 276 g/mol. The summed E-state index contributed by atoms with van der Waals surface area (Å²) in [5.74, 6) is 0.0525. The van der Waals surface area contributed by atoms with Gasteiger partial charge >= 0.3 is 0 Å². The van der Waals surface area contributed by atoms with Gasteiger partial charge in [0.15, 0.2) is 0 Å². The van der Waals surface area contributed by atoms with Gasteiger partial charge in [-0.15, -0.1) is 0 Å². The first-order chi connectivity index (χ1) is 9.38. The lowest BCUT2D eigenvalue weighted by atomic mass is 10.0. The minimum Gasteiger partial charge on any atom is -0.377 e. The van der Waals surface area contributed by atoms with E-state index in [0.717, 1.165) is 5.56 Å². The van der Waals surface area contributed by atoms with Gasteiger partial charge < -0.3 is 10.4 Å². The van der Waals surface area contributed by atoms with Crippen molar-refractivity contribution < 1.29 is 9.90 Å². The van der Waals surface area contributed by atoms with Gasteiger partial charge in [0.2, 0.25) is 0 Å². The fourth-order valence-corrected chi connectivity index (χ4v) is 2.04. The van der Waals surface area contributed by atoms with Crippen molar-refractivity contribution in [2.75, 3.05) is 6.54 Å².